The molecule has 1 saturated carbocycles. The number of aromatic nitrogens is 2. The maximum Gasteiger partial charge on any atom is 0.293 e. The molecule has 0 atom stereocenters. The van der Waals surface area contributed by atoms with Gasteiger partial charge in [0.2, 0.25) is 0 Å². The zero-order valence-electron chi connectivity index (χ0n) is 10.3. The minimum atomic E-state index is -0.318. The van der Waals surface area contributed by atoms with E-state index < -0.39 is 0 Å². The fraction of sp³-hybridized carbons (Fsp3) is 0.583. The Labute approximate surface area is 106 Å². The van der Waals surface area contributed by atoms with E-state index in [1.807, 2.05) is 20.8 Å². The second kappa shape index (κ2) is 5.96. The van der Waals surface area contributed by atoms with E-state index in [0.717, 1.165) is 5.69 Å². The van der Waals surface area contributed by atoms with E-state index in [0.29, 0.717) is 17.5 Å². The van der Waals surface area contributed by atoms with Gasteiger partial charge in [-0.3, -0.25) is 9.78 Å². The van der Waals surface area contributed by atoms with Crippen molar-refractivity contribution in [1.82, 2.24) is 9.97 Å². The minimum absolute atomic E-state index is 0.318. The predicted molar refractivity (Wildman–Crippen MR) is 65.9 cm³/mol. The molecule has 0 N–H and O–H groups in total. The molecule has 0 aliphatic heterocycles. The molecule has 2 rings (SSSR count). The molecule has 5 heteroatoms. The fourth-order valence-electron chi connectivity index (χ4n) is 1.06. The van der Waals surface area contributed by atoms with Gasteiger partial charge in [-0.25, -0.2) is 4.98 Å². The summed E-state index contributed by atoms with van der Waals surface area (Å²) in [6, 6.07) is 0. The Hall–Kier alpha value is -1.16. The molecule has 17 heavy (non-hydrogen) atoms. The van der Waals surface area contributed by atoms with Gasteiger partial charge in [0.1, 0.15) is 10.8 Å². The van der Waals surface area contributed by atoms with Gasteiger partial charge >= 0.3 is 0 Å². The highest BCUT2D eigenvalue weighted by Gasteiger charge is 2.24. The molecule has 0 radical (unpaired) electrons. The third-order valence-electron chi connectivity index (χ3n) is 2.04. The first-order valence-corrected chi connectivity index (χ1v) is 5.89. The van der Waals surface area contributed by atoms with Crippen LogP contribution in [0.5, 0.6) is 0 Å². The van der Waals surface area contributed by atoms with E-state index in [4.69, 9.17) is 11.6 Å². The van der Waals surface area contributed by atoms with Crippen LogP contribution in [0.2, 0.25) is 5.15 Å². The van der Waals surface area contributed by atoms with E-state index >= 15 is 0 Å². The van der Waals surface area contributed by atoms with Crippen LogP contribution in [0.25, 0.3) is 0 Å². The molecule has 0 aromatic carbocycles. The molecule has 94 valence electrons. The summed E-state index contributed by atoms with van der Waals surface area (Å²) >= 11 is 5.56. The van der Waals surface area contributed by atoms with Crippen LogP contribution in [0.1, 0.15) is 45.2 Å². The number of hydrogen-bond donors (Lipinski definition) is 0. The highest BCUT2D eigenvalue weighted by Crippen LogP contribution is 2.38. The van der Waals surface area contributed by atoms with Gasteiger partial charge in [0, 0.05) is 5.92 Å². The van der Waals surface area contributed by atoms with Crippen molar-refractivity contribution in [2.24, 2.45) is 0 Å². The Balaban J connectivity index is 0.000000185. The first kappa shape index (κ1) is 13.9. The lowest BCUT2D eigenvalue weighted by atomic mass is 10.2. The molecule has 1 aliphatic carbocycles. The van der Waals surface area contributed by atoms with Crippen molar-refractivity contribution < 1.29 is 9.53 Å². The lowest BCUT2D eigenvalue weighted by molar-refractivity contribution is -0.138. The highest BCUT2D eigenvalue weighted by molar-refractivity contribution is 6.29. The van der Waals surface area contributed by atoms with Crippen molar-refractivity contribution in [3.05, 3.63) is 23.2 Å². The van der Waals surface area contributed by atoms with E-state index in [1.165, 1.54) is 12.8 Å². The van der Waals surface area contributed by atoms with Crippen molar-refractivity contribution in [2.45, 2.75) is 45.1 Å². The summed E-state index contributed by atoms with van der Waals surface area (Å²) < 4.78 is 4.55. The van der Waals surface area contributed by atoms with Crippen molar-refractivity contribution in [3.8, 4) is 0 Å². The number of ether oxygens (including phenoxy) is 1. The van der Waals surface area contributed by atoms with Gasteiger partial charge in [-0.05, 0) is 33.6 Å². The van der Waals surface area contributed by atoms with Gasteiger partial charge in [0.05, 0.1) is 18.1 Å². The molecule has 1 heterocycles. The van der Waals surface area contributed by atoms with E-state index in [2.05, 4.69) is 14.7 Å². The van der Waals surface area contributed by atoms with Crippen LogP contribution < -0.4 is 0 Å². The highest BCUT2D eigenvalue weighted by atomic mass is 35.5. The van der Waals surface area contributed by atoms with Crippen LogP contribution in [0.4, 0.5) is 0 Å². The Morgan fingerprint density at radius 3 is 2.29 bits per heavy atom. The van der Waals surface area contributed by atoms with Gasteiger partial charge in [0.15, 0.2) is 0 Å². The molecular weight excluding hydrogens is 240 g/mol. The van der Waals surface area contributed by atoms with Crippen LogP contribution in [0, 0.1) is 0 Å². The van der Waals surface area contributed by atoms with Crippen LogP contribution in [0.3, 0.4) is 0 Å². The minimum Gasteiger partial charge on any atom is -0.462 e. The Bertz CT molecular complexity index is 356. The summed E-state index contributed by atoms with van der Waals surface area (Å²) in [5.41, 5.74) is 0.770. The summed E-state index contributed by atoms with van der Waals surface area (Å²) in [7, 11) is 0. The van der Waals surface area contributed by atoms with Gasteiger partial charge < -0.3 is 4.74 Å². The van der Waals surface area contributed by atoms with E-state index in [-0.39, 0.29) is 5.60 Å². The second-order valence-corrected chi connectivity index (χ2v) is 5.25. The quantitative estimate of drug-likeness (QED) is 0.764. The molecule has 1 aliphatic rings. The third kappa shape index (κ3) is 6.22. The van der Waals surface area contributed by atoms with Crippen LogP contribution >= 0.6 is 11.6 Å². The maximum atomic E-state index is 9.60. The summed E-state index contributed by atoms with van der Waals surface area (Å²) in [5.74, 6) is 0.671. The molecule has 1 aromatic rings. The summed E-state index contributed by atoms with van der Waals surface area (Å²) in [6.45, 7) is 5.92. The average Bonchev–Trinajstić information content (AvgIpc) is 3.01. The van der Waals surface area contributed by atoms with Gasteiger partial charge in [0.25, 0.3) is 6.47 Å². The summed E-state index contributed by atoms with van der Waals surface area (Å²) in [4.78, 5) is 17.7. The molecule has 1 aromatic heterocycles. The SMILES string of the molecule is CC(C)(C)OC=O.Clc1cnc(C2CC2)cn1. The Morgan fingerprint density at radius 1 is 1.35 bits per heavy atom. The standard InChI is InChI=1S/C7H7ClN2.C5H10O2/c8-7-4-9-6(3-10-7)5-1-2-5;1-5(2,3)7-4-6/h3-5H,1-2H2;4H,1-3H3. The van der Waals surface area contributed by atoms with Crippen LogP contribution in [-0.4, -0.2) is 22.0 Å². The number of hydrogen-bond acceptors (Lipinski definition) is 4. The van der Waals surface area contributed by atoms with Crippen molar-refractivity contribution >= 4 is 18.1 Å². The maximum absolute atomic E-state index is 9.60. The predicted octanol–water partition coefficient (Wildman–Crippen LogP) is 2.97. The van der Waals surface area contributed by atoms with Gasteiger partial charge in [-0.1, -0.05) is 11.6 Å². The molecule has 0 amide bonds. The largest absolute Gasteiger partial charge is 0.462 e. The number of halogens is 1. The van der Waals surface area contributed by atoms with Crippen LogP contribution in [0.15, 0.2) is 12.4 Å². The fourth-order valence-corrected chi connectivity index (χ4v) is 1.15. The third-order valence-corrected chi connectivity index (χ3v) is 2.23. The zero-order valence-corrected chi connectivity index (χ0v) is 11.1. The van der Waals surface area contributed by atoms with Crippen molar-refractivity contribution in [1.29, 1.82) is 0 Å². The monoisotopic (exact) mass is 256 g/mol. The Kier molecular flexibility index (Phi) is 4.87. The number of carbonyl (C=O) groups excluding carboxylic acids is 1. The number of nitrogens with zero attached hydrogens (tertiary/aromatic N) is 2. The lowest BCUT2D eigenvalue weighted by Crippen LogP contribution is -2.17. The second-order valence-electron chi connectivity index (χ2n) is 4.86. The summed E-state index contributed by atoms with van der Waals surface area (Å²) in [5, 5.41) is 0.476. The number of carbonyl (C=O) groups is 1. The molecule has 0 bridgehead atoms. The van der Waals surface area contributed by atoms with Gasteiger partial charge in [-0.2, -0.15) is 0 Å². The van der Waals surface area contributed by atoms with Gasteiger partial charge in [-0.15, -0.1) is 0 Å². The molecule has 0 spiro atoms. The molecule has 0 saturated heterocycles. The van der Waals surface area contributed by atoms with E-state index in [1.54, 1.807) is 12.4 Å². The van der Waals surface area contributed by atoms with E-state index in [9.17, 15) is 4.79 Å². The lowest BCUT2D eigenvalue weighted by Gasteiger charge is -2.14. The number of rotatable bonds is 2. The smallest absolute Gasteiger partial charge is 0.293 e. The molecular formula is C12H17ClN2O2. The first-order chi connectivity index (χ1) is 7.92. The topological polar surface area (TPSA) is 52.1 Å². The average molecular weight is 257 g/mol. The van der Waals surface area contributed by atoms with Crippen molar-refractivity contribution in [3.63, 3.8) is 0 Å². The Morgan fingerprint density at radius 2 is 2.00 bits per heavy atom. The molecule has 4 nitrogen and oxygen atoms in total. The van der Waals surface area contributed by atoms with Crippen molar-refractivity contribution in [2.75, 3.05) is 0 Å². The normalized spacial score (nSPS) is 14.6. The zero-order chi connectivity index (χ0) is 12.9. The first-order valence-electron chi connectivity index (χ1n) is 5.51. The molecule has 0 unspecified atom stereocenters. The van der Waals surface area contributed by atoms with Crippen LogP contribution in [-0.2, 0) is 9.53 Å². The molecule has 1 fully saturated rings. The summed E-state index contributed by atoms with van der Waals surface area (Å²) in [6.07, 6.45) is 5.89.